The summed E-state index contributed by atoms with van der Waals surface area (Å²) in [7, 11) is 2.63. The molecule has 0 aliphatic rings. The van der Waals surface area contributed by atoms with Gasteiger partial charge in [-0.05, 0) is 18.5 Å². The summed E-state index contributed by atoms with van der Waals surface area (Å²) >= 11 is 0. The van der Waals surface area contributed by atoms with Gasteiger partial charge in [-0.25, -0.2) is 0 Å². The SMILES string of the molecule is OCCCCCCC(P)CO. The third-order valence-electron chi connectivity index (χ3n) is 1.72. The lowest BCUT2D eigenvalue weighted by Gasteiger charge is -2.05. The van der Waals surface area contributed by atoms with Crippen LogP contribution >= 0.6 is 9.24 Å². The van der Waals surface area contributed by atoms with Crippen LogP contribution in [0.15, 0.2) is 0 Å². The van der Waals surface area contributed by atoms with Crippen molar-refractivity contribution in [3.8, 4) is 0 Å². The highest BCUT2D eigenvalue weighted by molar-refractivity contribution is 7.17. The Labute approximate surface area is 71.2 Å². The van der Waals surface area contributed by atoms with Crippen LogP contribution in [-0.2, 0) is 0 Å². The molecule has 2 N–H and O–H groups in total. The number of aliphatic hydroxyl groups is 2. The first-order chi connectivity index (χ1) is 5.31. The van der Waals surface area contributed by atoms with Crippen LogP contribution in [0.4, 0.5) is 0 Å². The smallest absolute Gasteiger partial charge is 0.0493 e. The largest absolute Gasteiger partial charge is 0.396 e. The lowest BCUT2D eigenvalue weighted by atomic mass is 10.1. The summed E-state index contributed by atoms with van der Waals surface area (Å²) in [6.07, 6.45) is 5.44. The Morgan fingerprint density at radius 2 is 1.64 bits per heavy atom. The van der Waals surface area contributed by atoms with Crippen molar-refractivity contribution >= 4 is 9.24 Å². The minimum atomic E-state index is 0.269. The standard InChI is InChI=1S/C8H19O2P/c9-6-4-2-1-3-5-8(11)7-10/h8-10H,1-7,11H2. The van der Waals surface area contributed by atoms with Gasteiger partial charge < -0.3 is 10.2 Å². The molecule has 11 heavy (non-hydrogen) atoms. The first-order valence-electron chi connectivity index (χ1n) is 4.28. The van der Waals surface area contributed by atoms with E-state index in [1.807, 2.05) is 0 Å². The Hall–Kier alpha value is 0.350. The number of aliphatic hydroxyl groups excluding tert-OH is 2. The average Bonchev–Trinajstić information content (AvgIpc) is 2.04. The van der Waals surface area contributed by atoms with E-state index in [1.165, 1.54) is 6.42 Å². The van der Waals surface area contributed by atoms with Gasteiger partial charge in [0.05, 0.1) is 0 Å². The molecule has 2 nitrogen and oxygen atoms in total. The van der Waals surface area contributed by atoms with Gasteiger partial charge in [0.2, 0.25) is 0 Å². The number of rotatable bonds is 7. The van der Waals surface area contributed by atoms with Crippen molar-refractivity contribution < 1.29 is 10.2 Å². The molecule has 0 radical (unpaired) electrons. The molecule has 0 amide bonds. The molecular weight excluding hydrogens is 159 g/mol. The van der Waals surface area contributed by atoms with Crippen molar-refractivity contribution in [2.24, 2.45) is 0 Å². The Morgan fingerprint density at radius 1 is 1.00 bits per heavy atom. The molecule has 0 fully saturated rings. The number of hydrogen-bond donors (Lipinski definition) is 2. The van der Waals surface area contributed by atoms with Gasteiger partial charge >= 0.3 is 0 Å². The number of unbranched alkanes of at least 4 members (excludes halogenated alkanes) is 3. The van der Waals surface area contributed by atoms with Gasteiger partial charge in [-0.2, -0.15) is 0 Å². The van der Waals surface area contributed by atoms with Gasteiger partial charge in [-0.1, -0.05) is 19.3 Å². The topological polar surface area (TPSA) is 40.5 Å². The highest BCUT2D eigenvalue weighted by Gasteiger charge is 1.98. The Morgan fingerprint density at radius 3 is 2.18 bits per heavy atom. The van der Waals surface area contributed by atoms with Crippen molar-refractivity contribution in [3.63, 3.8) is 0 Å². The third-order valence-corrected chi connectivity index (χ3v) is 2.26. The van der Waals surface area contributed by atoms with Crippen LogP contribution in [0, 0.1) is 0 Å². The summed E-state index contributed by atoms with van der Waals surface area (Å²) in [5.74, 6) is 0. The van der Waals surface area contributed by atoms with Crippen molar-refractivity contribution in [2.75, 3.05) is 13.2 Å². The summed E-state index contributed by atoms with van der Waals surface area (Å²) in [5.41, 5.74) is 0.365. The van der Waals surface area contributed by atoms with Crippen LogP contribution in [0.5, 0.6) is 0 Å². The lowest BCUT2D eigenvalue weighted by Crippen LogP contribution is -2.02. The normalized spacial score (nSPS) is 13.4. The highest BCUT2D eigenvalue weighted by Crippen LogP contribution is 2.10. The summed E-state index contributed by atoms with van der Waals surface area (Å²) in [6, 6.07) is 0. The maximum Gasteiger partial charge on any atom is 0.0493 e. The molecule has 0 aromatic rings. The van der Waals surface area contributed by atoms with Crippen molar-refractivity contribution in [1.82, 2.24) is 0 Å². The van der Waals surface area contributed by atoms with Gasteiger partial charge in [0.1, 0.15) is 0 Å². The zero-order valence-corrected chi connectivity index (χ0v) is 8.15. The monoisotopic (exact) mass is 178 g/mol. The van der Waals surface area contributed by atoms with Crippen molar-refractivity contribution in [3.05, 3.63) is 0 Å². The predicted molar refractivity (Wildman–Crippen MR) is 50.8 cm³/mol. The second kappa shape index (κ2) is 8.45. The molecule has 0 saturated heterocycles. The maximum absolute atomic E-state index is 8.68. The van der Waals surface area contributed by atoms with Crippen LogP contribution in [0.25, 0.3) is 0 Å². The lowest BCUT2D eigenvalue weighted by molar-refractivity contribution is 0.277. The van der Waals surface area contributed by atoms with E-state index in [4.69, 9.17) is 10.2 Å². The fourth-order valence-electron chi connectivity index (χ4n) is 0.963. The van der Waals surface area contributed by atoms with Gasteiger partial charge in [0.15, 0.2) is 0 Å². The molecule has 0 saturated carbocycles. The van der Waals surface area contributed by atoms with E-state index in [2.05, 4.69) is 9.24 Å². The molecule has 0 aromatic carbocycles. The third kappa shape index (κ3) is 8.25. The van der Waals surface area contributed by atoms with Crippen LogP contribution in [0.2, 0.25) is 0 Å². The Balaban J connectivity index is 2.89. The first-order valence-corrected chi connectivity index (χ1v) is 4.95. The molecule has 0 aliphatic carbocycles. The fraction of sp³-hybridized carbons (Fsp3) is 1.00. The molecule has 0 bridgehead atoms. The van der Waals surface area contributed by atoms with E-state index >= 15 is 0 Å². The highest BCUT2D eigenvalue weighted by atomic mass is 31.0. The van der Waals surface area contributed by atoms with E-state index < -0.39 is 0 Å². The van der Waals surface area contributed by atoms with Gasteiger partial charge in [0.25, 0.3) is 0 Å². The molecule has 0 heterocycles. The molecule has 0 rings (SSSR count). The molecule has 0 spiro atoms. The predicted octanol–water partition coefficient (Wildman–Crippen LogP) is 1.17. The Kier molecular flexibility index (Phi) is 8.72. The second-order valence-corrected chi connectivity index (χ2v) is 3.81. The minimum absolute atomic E-state index is 0.269. The van der Waals surface area contributed by atoms with Crippen LogP contribution in [0.1, 0.15) is 32.1 Å². The molecule has 68 valence electrons. The average molecular weight is 178 g/mol. The summed E-state index contributed by atoms with van der Waals surface area (Å²) in [5, 5.41) is 17.2. The molecule has 2 unspecified atom stereocenters. The zero-order chi connectivity index (χ0) is 8.53. The van der Waals surface area contributed by atoms with Crippen molar-refractivity contribution in [2.45, 2.75) is 37.8 Å². The van der Waals surface area contributed by atoms with E-state index in [0.717, 1.165) is 25.7 Å². The number of hydrogen-bond acceptors (Lipinski definition) is 2. The van der Waals surface area contributed by atoms with E-state index in [9.17, 15) is 0 Å². The van der Waals surface area contributed by atoms with Crippen molar-refractivity contribution in [1.29, 1.82) is 0 Å². The molecule has 2 atom stereocenters. The first kappa shape index (κ1) is 11.4. The molecular formula is C8H19O2P. The molecule has 3 heteroatoms. The minimum Gasteiger partial charge on any atom is -0.396 e. The quantitative estimate of drug-likeness (QED) is 0.453. The van der Waals surface area contributed by atoms with Gasteiger partial charge in [-0.15, -0.1) is 9.24 Å². The van der Waals surface area contributed by atoms with E-state index in [-0.39, 0.29) is 6.61 Å². The van der Waals surface area contributed by atoms with Crippen LogP contribution < -0.4 is 0 Å². The Bertz CT molecular complexity index is 78.5. The molecule has 0 aromatic heterocycles. The van der Waals surface area contributed by atoms with Crippen LogP contribution in [0.3, 0.4) is 0 Å². The summed E-state index contributed by atoms with van der Waals surface area (Å²) in [6.45, 7) is 0.578. The van der Waals surface area contributed by atoms with E-state index in [0.29, 0.717) is 12.3 Å². The summed E-state index contributed by atoms with van der Waals surface area (Å²) < 4.78 is 0. The zero-order valence-electron chi connectivity index (χ0n) is 7.00. The fourth-order valence-corrected chi connectivity index (χ4v) is 1.20. The van der Waals surface area contributed by atoms with Crippen LogP contribution in [-0.4, -0.2) is 29.1 Å². The summed E-state index contributed by atoms with van der Waals surface area (Å²) in [4.78, 5) is 0. The maximum atomic E-state index is 8.68. The van der Waals surface area contributed by atoms with E-state index in [1.54, 1.807) is 0 Å². The van der Waals surface area contributed by atoms with Gasteiger partial charge in [0, 0.05) is 13.2 Å². The van der Waals surface area contributed by atoms with Gasteiger partial charge in [-0.3, -0.25) is 0 Å². The molecule has 0 aliphatic heterocycles. The second-order valence-electron chi connectivity index (χ2n) is 2.87.